The van der Waals surface area contributed by atoms with E-state index in [9.17, 15) is 4.79 Å². The highest BCUT2D eigenvalue weighted by Gasteiger charge is 2.19. The van der Waals surface area contributed by atoms with Gasteiger partial charge in [-0.15, -0.1) is 0 Å². The number of imidazole rings is 1. The molecule has 5 nitrogen and oxygen atoms in total. The Morgan fingerprint density at radius 3 is 2.50 bits per heavy atom. The summed E-state index contributed by atoms with van der Waals surface area (Å²) in [5.74, 6) is 0. The molecule has 0 saturated heterocycles. The van der Waals surface area contributed by atoms with Gasteiger partial charge in [0, 0.05) is 25.8 Å². The minimum absolute atomic E-state index is 0.294. The molecular formula is C13H23N3O2. The lowest BCUT2D eigenvalue weighted by atomic mass is 10.2. The van der Waals surface area contributed by atoms with Crippen molar-refractivity contribution in [2.75, 3.05) is 13.6 Å². The second kappa shape index (κ2) is 5.42. The minimum atomic E-state index is -0.452. The molecule has 0 aliphatic carbocycles. The van der Waals surface area contributed by atoms with Crippen LogP contribution in [0.3, 0.4) is 0 Å². The van der Waals surface area contributed by atoms with Crippen LogP contribution in [0.1, 0.15) is 32.2 Å². The number of carbonyl (C=O) groups excluding carboxylic acids is 1. The van der Waals surface area contributed by atoms with Crippen molar-refractivity contribution in [2.24, 2.45) is 0 Å². The lowest BCUT2D eigenvalue weighted by Crippen LogP contribution is -2.35. The fourth-order valence-electron chi connectivity index (χ4n) is 1.46. The molecule has 1 heterocycles. The van der Waals surface area contributed by atoms with Crippen LogP contribution in [0, 0.1) is 13.8 Å². The number of hydrogen-bond donors (Lipinski definition) is 0. The van der Waals surface area contributed by atoms with E-state index < -0.39 is 5.60 Å². The van der Waals surface area contributed by atoms with Gasteiger partial charge < -0.3 is 14.2 Å². The monoisotopic (exact) mass is 253 g/mol. The zero-order chi connectivity index (χ0) is 13.9. The smallest absolute Gasteiger partial charge is 0.410 e. The first kappa shape index (κ1) is 14.5. The highest BCUT2D eigenvalue weighted by molar-refractivity contribution is 5.67. The van der Waals surface area contributed by atoms with Gasteiger partial charge in [0.05, 0.1) is 12.0 Å². The van der Waals surface area contributed by atoms with Gasteiger partial charge >= 0.3 is 6.09 Å². The number of aryl methyl sites for hydroxylation is 1. The zero-order valence-corrected chi connectivity index (χ0v) is 12.1. The molecule has 0 spiro atoms. The predicted octanol–water partition coefficient (Wildman–Crippen LogP) is 2.37. The third-order valence-corrected chi connectivity index (χ3v) is 2.73. The Balaban J connectivity index is 2.49. The highest BCUT2D eigenvalue weighted by atomic mass is 16.6. The molecule has 0 bridgehead atoms. The summed E-state index contributed by atoms with van der Waals surface area (Å²) in [6, 6.07) is 0. The average Bonchev–Trinajstić information content (AvgIpc) is 2.54. The van der Waals surface area contributed by atoms with Crippen molar-refractivity contribution in [1.82, 2.24) is 14.5 Å². The van der Waals surface area contributed by atoms with E-state index in [1.165, 1.54) is 0 Å². The average molecular weight is 253 g/mol. The summed E-state index contributed by atoms with van der Waals surface area (Å²) < 4.78 is 7.32. The summed E-state index contributed by atoms with van der Waals surface area (Å²) in [7, 11) is 1.74. The molecule has 1 aromatic rings. The maximum atomic E-state index is 11.7. The van der Waals surface area contributed by atoms with Gasteiger partial charge in [-0.3, -0.25) is 0 Å². The van der Waals surface area contributed by atoms with Gasteiger partial charge in [0.25, 0.3) is 0 Å². The number of rotatable bonds is 3. The Labute approximate surface area is 109 Å². The molecule has 5 heteroatoms. The van der Waals surface area contributed by atoms with Crippen molar-refractivity contribution in [1.29, 1.82) is 0 Å². The number of aromatic nitrogens is 2. The number of nitrogens with zero attached hydrogens (tertiary/aromatic N) is 3. The summed E-state index contributed by atoms with van der Waals surface area (Å²) in [6.45, 7) is 10.9. The first-order valence-corrected chi connectivity index (χ1v) is 6.13. The molecule has 0 radical (unpaired) electrons. The van der Waals surface area contributed by atoms with Crippen LogP contribution in [0.15, 0.2) is 6.33 Å². The molecule has 0 atom stereocenters. The van der Waals surface area contributed by atoms with Crippen LogP contribution in [-0.2, 0) is 11.3 Å². The summed E-state index contributed by atoms with van der Waals surface area (Å²) in [5.41, 5.74) is 1.70. The number of hydrogen-bond acceptors (Lipinski definition) is 3. The lowest BCUT2D eigenvalue weighted by molar-refractivity contribution is 0.0293. The van der Waals surface area contributed by atoms with Crippen molar-refractivity contribution in [3.63, 3.8) is 0 Å². The largest absolute Gasteiger partial charge is 0.444 e. The van der Waals surface area contributed by atoms with Gasteiger partial charge in [-0.2, -0.15) is 0 Å². The molecule has 0 aliphatic heterocycles. The first-order chi connectivity index (χ1) is 8.20. The first-order valence-electron chi connectivity index (χ1n) is 6.13. The van der Waals surface area contributed by atoms with Gasteiger partial charge in [-0.1, -0.05) is 0 Å². The molecule has 0 N–H and O–H groups in total. The topological polar surface area (TPSA) is 47.4 Å². The van der Waals surface area contributed by atoms with E-state index >= 15 is 0 Å². The highest BCUT2D eigenvalue weighted by Crippen LogP contribution is 2.09. The second-order valence-electron chi connectivity index (χ2n) is 5.51. The molecule has 0 saturated carbocycles. The normalized spacial score (nSPS) is 11.4. The molecular weight excluding hydrogens is 230 g/mol. The minimum Gasteiger partial charge on any atom is -0.444 e. The van der Waals surface area contributed by atoms with Crippen molar-refractivity contribution >= 4 is 6.09 Å². The van der Waals surface area contributed by atoms with Crippen LogP contribution in [-0.4, -0.2) is 39.7 Å². The molecule has 102 valence electrons. The van der Waals surface area contributed by atoms with Crippen LogP contribution in [0.4, 0.5) is 4.79 Å². The van der Waals surface area contributed by atoms with Crippen LogP contribution in [0.5, 0.6) is 0 Å². The van der Waals surface area contributed by atoms with Gasteiger partial charge in [0.2, 0.25) is 0 Å². The second-order valence-corrected chi connectivity index (χ2v) is 5.51. The summed E-state index contributed by atoms with van der Waals surface area (Å²) >= 11 is 0. The molecule has 1 amide bonds. The van der Waals surface area contributed by atoms with Crippen molar-refractivity contribution in [3.05, 3.63) is 17.7 Å². The fraction of sp³-hybridized carbons (Fsp3) is 0.692. The van der Waals surface area contributed by atoms with E-state index in [4.69, 9.17) is 4.74 Å². The van der Waals surface area contributed by atoms with Crippen molar-refractivity contribution in [3.8, 4) is 0 Å². The number of likely N-dealkylation sites (N-methyl/N-ethyl adjacent to an activating group) is 1. The fourth-order valence-corrected chi connectivity index (χ4v) is 1.46. The molecule has 1 rings (SSSR count). The predicted molar refractivity (Wildman–Crippen MR) is 70.6 cm³/mol. The number of carbonyl (C=O) groups is 1. The maximum Gasteiger partial charge on any atom is 0.410 e. The zero-order valence-electron chi connectivity index (χ0n) is 12.1. The summed E-state index contributed by atoms with van der Waals surface area (Å²) in [5, 5.41) is 0. The third kappa shape index (κ3) is 4.05. The standard InChI is InChI=1S/C13H23N3O2/c1-10-11(2)16(9-14-10)8-7-15(6)12(17)18-13(3,4)5/h9H,7-8H2,1-6H3. The Hall–Kier alpha value is -1.52. The molecule has 18 heavy (non-hydrogen) atoms. The third-order valence-electron chi connectivity index (χ3n) is 2.73. The Bertz CT molecular complexity index is 418. The summed E-state index contributed by atoms with van der Waals surface area (Å²) in [6.07, 6.45) is 1.50. The molecule has 0 unspecified atom stereocenters. The van der Waals surface area contributed by atoms with Crippen LogP contribution >= 0.6 is 0 Å². The van der Waals surface area contributed by atoms with E-state index in [0.29, 0.717) is 6.54 Å². The van der Waals surface area contributed by atoms with Crippen molar-refractivity contribution < 1.29 is 9.53 Å². The quantitative estimate of drug-likeness (QED) is 0.831. The van der Waals surface area contributed by atoms with Gasteiger partial charge in [0.15, 0.2) is 0 Å². The Morgan fingerprint density at radius 2 is 2.06 bits per heavy atom. The molecule has 0 aliphatic rings. The lowest BCUT2D eigenvalue weighted by Gasteiger charge is -2.24. The van der Waals surface area contributed by atoms with Crippen LogP contribution in [0.2, 0.25) is 0 Å². The SMILES string of the molecule is Cc1ncn(CCN(C)C(=O)OC(C)(C)C)c1C. The van der Waals surface area contributed by atoms with Gasteiger partial charge in [-0.05, 0) is 34.6 Å². The summed E-state index contributed by atoms with van der Waals surface area (Å²) in [4.78, 5) is 17.6. The van der Waals surface area contributed by atoms with Crippen LogP contribution in [0.25, 0.3) is 0 Å². The van der Waals surface area contributed by atoms with E-state index in [1.54, 1.807) is 18.3 Å². The van der Waals surface area contributed by atoms with Crippen molar-refractivity contribution in [2.45, 2.75) is 46.8 Å². The van der Waals surface area contributed by atoms with E-state index in [1.807, 2.05) is 39.2 Å². The molecule has 0 fully saturated rings. The maximum absolute atomic E-state index is 11.7. The van der Waals surface area contributed by atoms with E-state index in [-0.39, 0.29) is 6.09 Å². The van der Waals surface area contributed by atoms with E-state index in [2.05, 4.69) is 4.98 Å². The Kier molecular flexibility index (Phi) is 4.38. The van der Waals surface area contributed by atoms with Gasteiger partial charge in [-0.25, -0.2) is 9.78 Å². The Morgan fingerprint density at radius 1 is 1.44 bits per heavy atom. The molecule has 0 aromatic carbocycles. The number of amides is 1. The van der Waals surface area contributed by atoms with Crippen LogP contribution < -0.4 is 0 Å². The van der Waals surface area contributed by atoms with E-state index in [0.717, 1.165) is 17.9 Å². The molecule has 1 aromatic heterocycles. The number of ether oxygens (including phenoxy) is 1. The van der Waals surface area contributed by atoms with Gasteiger partial charge in [0.1, 0.15) is 5.60 Å².